The van der Waals surface area contributed by atoms with Gasteiger partial charge in [-0.1, -0.05) is 11.6 Å². The number of halogens is 1. The maximum Gasteiger partial charge on any atom is 0.337 e. The molecule has 2 aromatic rings. The number of rotatable bonds is 4. The Morgan fingerprint density at radius 2 is 2.32 bits per heavy atom. The van der Waals surface area contributed by atoms with Gasteiger partial charge >= 0.3 is 5.97 Å². The summed E-state index contributed by atoms with van der Waals surface area (Å²) in [6.45, 7) is 1.86. The van der Waals surface area contributed by atoms with E-state index in [2.05, 4.69) is 21.1 Å². The molecular formula is C15H12ClN3O2S. The number of thiazole rings is 1. The summed E-state index contributed by atoms with van der Waals surface area (Å²) in [6, 6.07) is 6.80. The number of hydrogen-bond acceptors (Lipinski definition) is 6. The zero-order valence-corrected chi connectivity index (χ0v) is 13.5. The van der Waals surface area contributed by atoms with Gasteiger partial charge in [0.2, 0.25) is 0 Å². The van der Waals surface area contributed by atoms with Crippen LogP contribution in [0.3, 0.4) is 0 Å². The van der Waals surface area contributed by atoms with Gasteiger partial charge in [0, 0.05) is 17.3 Å². The topological polar surface area (TPSA) is 75.0 Å². The van der Waals surface area contributed by atoms with Crippen molar-refractivity contribution in [2.45, 2.75) is 6.92 Å². The summed E-state index contributed by atoms with van der Waals surface area (Å²) in [6.07, 6.45) is 1.51. The molecule has 0 saturated heterocycles. The summed E-state index contributed by atoms with van der Waals surface area (Å²) >= 11 is 7.47. The quantitative estimate of drug-likeness (QED) is 0.679. The number of carbonyl (C=O) groups excluding carboxylic acids is 1. The number of benzene rings is 1. The number of nitriles is 1. The lowest BCUT2D eigenvalue weighted by atomic mass is 10.2. The lowest BCUT2D eigenvalue weighted by molar-refractivity contribution is 0.0601. The van der Waals surface area contributed by atoms with Gasteiger partial charge in [-0.3, -0.25) is 0 Å². The van der Waals surface area contributed by atoms with Crippen molar-refractivity contribution >= 4 is 40.2 Å². The van der Waals surface area contributed by atoms with Crippen LogP contribution in [0.1, 0.15) is 21.1 Å². The van der Waals surface area contributed by atoms with Crippen molar-refractivity contribution < 1.29 is 9.53 Å². The van der Waals surface area contributed by atoms with E-state index in [1.807, 2.05) is 12.3 Å². The minimum absolute atomic E-state index is 0.367. The van der Waals surface area contributed by atoms with Crippen molar-refractivity contribution in [2.75, 3.05) is 12.4 Å². The number of allylic oxidation sites excluding steroid dienone is 1. The molecule has 0 saturated carbocycles. The number of hydrogen-bond donors (Lipinski definition) is 1. The molecule has 1 N–H and O–H groups in total. The van der Waals surface area contributed by atoms with Crippen molar-refractivity contribution in [1.82, 2.24) is 4.98 Å². The fourth-order valence-corrected chi connectivity index (χ4v) is 2.59. The maximum atomic E-state index is 11.5. The molecule has 7 heteroatoms. The van der Waals surface area contributed by atoms with Gasteiger partial charge in [0.25, 0.3) is 0 Å². The van der Waals surface area contributed by atoms with Crippen LogP contribution in [-0.4, -0.2) is 18.1 Å². The summed E-state index contributed by atoms with van der Waals surface area (Å²) in [4.78, 5) is 15.8. The Kier molecular flexibility index (Phi) is 5.15. The number of aromatic nitrogens is 1. The van der Waals surface area contributed by atoms with Crippen LogP contribution in [0, 0.1) is 18.3 Å². The minimum atomic E-state index is -0.459. The zero-order valence-electron chi connectivity index (χ0n) is 11.9. The molecule has 0 fully saturated rings. The largest absolute Gasteiger partial charge is 0.465 e. The molecule has 2 rings (SSSR count). The van der Waals surface area contributed by atoms with Crippen molar-refractivity contribution in [3.63, 3.8) is 0 Å². The van der Waals surface area contributed by atoms with Gasteiger partial charge in [0.15, 0.2) is 0 Å². The monoisotopic (exact) mass is 333 g/mol. The van der Waals surface area contributed by atoms with Crippen LogP contribution in [0.2, 0.25) is 5.02 Å². The third-order valence-electron chi connectivity index (χ3n) is 2.73. The average molecular weight is 334 g/mol. The fourth-order valence-electron chi connectivity index (χ4n) is 1.65. The van der Waals surface area contributed by atoms with Crippen LogP contribution in [0.5, 0.6) is 0 Å². The lowest BCUT2D eigenvalue weighted by Gasteiger charge is -2.06. The van der Waals surface area contributed by atoms with Gasteiger partial charge in [-0.25, -0.2) is 9.78 Å². The highest BCUT2D eigenvalue weighted by molar-refractivity contribution is 7.10. The van der Waals surface area contributed by atoms with E-state index in [1.165, 1.54) is 24.6 Å². The van der Waals surface area contributed by atoms with Crippen molar-refractivity contribution in [1.29, 1.82) is 5.26 Å². The van der Waals surface area contributed by atoms with Crippen LogP contribution in [0.15, 0.2) is 29.8 Å². The molecule has 1 aromatic heterocycles. The number of aryl methyl sites for hydroxylation is 1. The van der Waals surface area contributed by atoms with Crippen molar-refractivity contribution in [2.24, 2.45) is 0 Å². The molecule has 0 atom stereocenters. The fraction of sp³-hybridized carbons (Fsp3) is 0.133. The molecule has 112 valence electrons. The van der Waals surface area contributed by atoms with E-state index >= 15 is 0 Å². The van der Waals surface area contributed by atoms with E-state index in [0.29, 0.717) is 26.9 Å². The summed E-state index contributed by atoms with van der Waals surface area (Å²) in [5, 5.41) is 15.1. The third-order valence-corrected chi connectivity index (χ3v) is 4.05. The molecule has 0 aliphatic rings. The van der Waals surface area contributed by atoms with Gasteiger partial charge in [0.05, 0.1) is 23.4 Å². The number of carbonyl (C=O) groups is 1. The average Bonchev–Trinajstić information content (AvgIpc) is 2.95. The van der Waals surface area contributed by atoms with E-state index < -0.39 is 5.97 Å². The van der Waals surface area contributed by atoms with Crippen LogP contribution in [0.25, 0.3) is 5.57 Å². The van der Waals surface area contributed by atoms with E-state index in [4.69, 9.17) is 11.6 Å². The normalized spacial score (nSPS) is 10.9. The highest BCUT2D eigenvalue weighted by atomic mass is 35.5. The molecular weight excluding hydrogens is 322 g/mol. The van der Waals surface area contributed by atoms with Crippen molar-refractivity contribution in [3.05, 3.63) is 51.1 Å². The van der Waals surface area contributed by atoms with Crippen molar-refractivity contribution in [3.8, 4) is 6.07 Å². The maximum absolute atomic E-state index is 11.5. The van der Waals surface area contributed by atoms with Crippen LogP contribution in [-0.2, 0) is 4.74 Å². The highest BCUT2D eigenvalue weighted by Gasteiger charge is 2.09. The van der Waals surface area contributed by atoms with E-state index in [-0.39, 0.29) is 0 Å². The standard InChI is InChI=1S/C15H12ClN3O2S/c1-9-8-22-14(19-9)11(6-17)7-18-13-5-10(15(20)21-2)3-4-12(13)16/h3-5,7-8,18H,1-2H3/b11-7+. The third kappa shape index (κ3) is 3.64. The Balaban J connectivity index is 2.28. The molecule has 22 heavy (non-hydrogen) atoms. The first-order valence-corrected chi connectivity index (χ1v) is 7.48. The second-order valence-corrected chi connectivity index (χ2v) is 5.56. The SMILES string of the molecule is COC(=O)c1ccc(Cl)c(N/C=C(\C#N)c2nc(C)cs2)c1. The molecule has 0 spiro atoms. The second kappa shape index (κ2) is 7.07. The molecule has 0 unspecified atom stereocenters. The van der Waals surface area contributed by atoms with Crippen LogP contribution < -0.4 is 5.32 Å². The Labute approximate surface area is 136 Å². The van der Waals surface area contributed by atoms with Gasteiger partial charge in [0.1, 0.15) is 16.6 Å². The highest BCUT2D eigenvalue weighted by Crippen LogP contribution is 2.25. The predicted molar refractivity (Wildman–Crippen MR) is 86.9 cm³/mol. The van der Waals surface area contributed by atoms with Gasteiger partial charge in [-0.2, -0.15) is 5.26 Å². The number of nitrogens with one attached hydrogen (secondary N) is 1. The number of anilines is 1. The predicted octanol–water partition coefficient (Wildman–Crippen LogP) is 3.87. The molecule has 0 radical (unpaired) electrons. The molecule has 1 heterocycles. The summed E-state index contributed by atoms with van der Waals surface area (Å²) in [5.41, 5.74) is 2.11. The van der Waals surface area contributed by atoms with Gasteiger partial charge < -0.3 is 10.1 Å². The molecule has 0 amide bonds. The minimum Gasteiger partial charge on any atom is -0.465 e. The Morgan fingerprint density at radius 3 is 2.91 bits per heavy atom. The van der Waals surface area contributed by atoms with Gasteiger partial charge in [-0.15, -0.1) is 11.3 Å². The molecule has 0 aliphatic carbocycles. The Morgan fingerprint density at radius 1 is 1.55 bits per heavy atom. The first-order valence-electron chi connectivity index (χ1n) is 6.22. The lowest BCUT2D eigenvalue weighted by Crippen LogP contribution is -2.02. The van der Waals surface area contributed by atoms with E-state index in [0.717, 1.165) is 5.69 Å². The molecule has 1 aromatic carbocycles. The first kappa shape index (κ1) is 16.0. The van der Waals surface area contributed by atoms with E-state index in [1.54, 1.807) is 18.2 Å². The molecule has 0 aliphatic heterocycles. The second-order valence-electron chi connectivity index (χ2n) is 4.29. The number of esters is 1. The molecule has 0 bridgehead atoms. The first-order chi connectivity index (χ1) is 10.5. The Bertz CT molecular complexity index is 777. The van der Waals surface area contributed by atoms with Crippen LogP contribution in [0.4, 0.5) is 5.69 Å². The summed E-state index contributed by atoms with van der Waals surface area (Å²) in [5.74, 6) is -0.459. The number of methoxy groups -OCH3 is 1. The number of nitrogens with zero attached hydrogens (tertiary/aromatic N) is 2. The van der Waals surface area contributed by atoms with Crippen LogP contribution >= 0.6 is 22.9 Å². The zero-order chi connectivity index (χ0) is 16.1. The molecule has 5 nitrogen and oxygen atoms in total. The summed E-state index contributed by atoms with van der Waals surface area (Å²) < 4.78 is 4.66. The number of ether oxygens (including phenoxy) is 1. The van der Waals surface area contributed by atoms with Gasteiger partial charge in [-0.05, 0) is 25.1 Å². The van der Waals surface area contributed by atoms with E-state index in [9.17, 15) is 10.1 Å². The Hall–Kier alpha value is -2.36. The smallest absolute Gasteiger partial charge is 0.337 e. The summed E-state index contributed by atoms with van der Waals surface area (Å²) in [7, 11) is 1.31.